The molecule has 2 amide bonds. The van der Waals surface area contributed by atoms with Crippen LogP contribution in [-0.4, -0.2) is 30.9 Å². The second-order valence-electron chi connectivity index (χ2n) is 5.76. The van der Waals surface area contributed by atoms with Crippen LogP contribution in [0.25, 0.3) is 10.8 Å². The molecule has 0 saturated carbocycles. The summed E-state index contributed by atoms with van der Waals surface area (Å²) < 4.78 is 9.91. The van der Waals surface area contributed by atoms with E-state index < -0.39 is 18.5 Å². The first-order chi connectivity index (χ1) is 13.1. The molecule has 0 unspecified atom stereocenters. The first-order valence-electron chi connectivity index (χ1n) is 8.33. The minimum atomic E-state index is -0.697. The summed E-state index contributed by atoms with van der Waals surface area (Å²) in [6.07, 6.45) is 1.50. The molecule has 0 aliphatic carbocycles. The maximum Gasteiger partial charge on any atom is 0.325 e. The van der Waals surface area contributed by atoms with Gasteiger partial charge in [0.05, 0.1) is 12.8 Å². The second kappa shape index (κ2) is 8.66. The normalized spacial score (nSPS) is 10.4. The summed E-state index contributed by atoms with van der Waals surface area (Å²) in [4.78, 5) is 35.5. The Labute approximate surface area is 155 Å². The van der Waals surface area contributed by atoms with Crippen molar-refractivity contribution >= 4 is 28.6 Å². The molecule has 0 bridgehead atoms. The Morgan fingerprint density at radius 1 is 0.926 bits per heavy atom. The Hall–Kier alpha value is -3.61. The number of carbonyl (C=O) groups excluding carboxylic acids is 3. The summed E-state index contributed by atoms with van der Waals surface area (Å²) in [6.45, 7) is -0.537. The Balaban J connectivity index is 1.41. The number of amides is 2. The third kappa shape index (κ3) is 5.18. The van der Waals surface area contributed by atoms with Gasteiger partial charge in [0.1, 0.15) is 12.3 Å². The van der Waals surface area contributed by atoms with Gasteiger partial charge >= 0.3 is 5.97 Å². The third-order valence-electron chi connectivity index (χ3n) is 3.81. The van der Waals surface area contributed by atoms with Crippen molar-refractivity contribution in [3.63, 3.8) is 0 Å². The summed E-state index contributed by atoms with van der Waals surface area (Å²) >= 11 is 0. The fourth-order valence-electron chi connectivity index (χ4n) is 2.43. The first kappa shape index (κ1) is 18.2. The molecule has 0 saturated heterocycles. The van der Waals surface area contributed by atoms with Crippen LogP contribution in [0.4, 0.5) is 0 Å². The van der Waals surface area contributed by atoms with Gasteiger partial charge in [0.25, 0.3) is 11.8 Å². The molecule has 1 aromatic heterocycles. The maximum absolute atomic E-state index is 12.2. The number of ether oxygens (including phenoxy) is 1. The van der Waals surface area contributed by atoms with E-state index >= 15 is 0 Å². The van der Waals surface area contributed by atoms with Crippen molar-refractivity contribution in [2.45, 2.75) is 6.54 Å². The maximum atomic E-state index is 12.2. The molecular weight excluding hydrogens is 348 g/mol. The first-order valence-corrected chi connectivity index (χ1v) is 8.33. The lowest BCUT2D eigenvalue weighted by molar-refractivity contribution is -0.147. The van der Waals surface area contributed by atoms with E-state index in [-0.39, 0.29) is 19.0 Å². The van der Waals surface area contributed by atoms with E-state index in [1.165, 1.54) is 6.26 Å². The molecule has 0 aliphatic heterocycles. The highest BCUT2D eigenvalue weighted by Gasteiger charge is 2.11. The van der Waals surface area contributed by atoms with E-state index in [9.17, 15) is 14.4 Å². The van der Waals surface area contributed by atoms with Crippen LogP contribution in [-0.2, 0) is 20.9 Å². The van der Waals surface area contributed by atoms with Gasteiger partial charge in [-0.2, -0.15) is 0 Å². The van der Waals surface area contributed by atoms with Crippen LogP contribution in [0, 0.1) is 0 Å². The molecule has 0 aliphatic rings. The lowest BCUT2D eigenvalue weighted by Gasteiger charge is -2.07. The zero-order valence-corrected chi connectivity index (χ0v) is 14.4. The molecule has 7 nitrogen and oxygen atoms in total. The Morgan fingerprint density at radius 3 is 2.52 bits per heavy atom. The minimum Gasteiger partial charge on any atom is -0.467 e. The Bertz CT molecular complexity index is 950. The van der Waals surface area contributed by atoms with E-state index in [0.29, 0.717) is 11.3 Å². The minimum absolute atomic E-state index is 0.210. The molecule has 3 rings (SSSR count). The van der Waals surface area contributed by atoms with Crippen molar-refractivity contribution in [3.05, 3.63) is 72.2 Å². The van der Waals surface area contributed by atoms with Gasteiger partial charge in [-0.15, -0.1) is 0 Å². The smallest absolute Gasteiger partial charge is 0.325 e. The van der Waals surface area contributed by atoms with Crippen molar-refractivity contribution in [1.82, 2.24) is 10.6 Å². The molecule has 3 aromatic rings. The highest BCUT2D eigenvalue weighted by atomic mass is 16.5. The topological polar surface area (TPSA) is 97.6 Å². The highest BCUT2D eigenvalue weighted by molar-refractivity contribution is 5.99. The van der Waals surface area contributed by atoms with Crippen molar-refractivity contribution in [2.24, 2.45) is 0 Å². The number of esters is 1. The number of fused-ring (bicyclic) bond motifs is 1. The average molecular weight is 366 g/mol. The van der Waals surface area contributed by atoms with Gasteiger partial charge in [-0.3, -0.25) is 14.4 Å². The van der Waals surface area contributed by atoms with E-state index in [0.717, 1.165) is 10.8 Å². The number of rotatable bonds is 7. The summed E-state index contributed by atoms with van der Waals surface area (Å²) in [5.74, 6) is -0.949. The zero-order valence-electron chi connectivity index (χ0n) is 14.4. The molecule has 138 valence electrons. The van der Waals surface area contributed by atoms with Crippen molar-refractivity contribution < 1.29 is 23.5 Å². The van der Waals surface area contributed by atoms with Crippen molar-refractivity contribution in [2.75, 3.05) is 13.2 Å². The van der Waals surface area contributed by atoms with Gasteiger partial charge in [-0.1, -0.05) is 30.3 Å². The van der Waals surface area contributed by atoms with Gasteiger partial charge < -0.3 is 19.8 Å². The molecule has 1 heterocycles. The van der Waals surface area contributed by atoms with Crippen LogP contribution in [0.2, 0.25) is 0 Å². The molecule has 2 aromatic carbocycles. The predicted octanol–water partition coefficient (Wildman–Crippen LogP) is 2.02. The van der Waals surface area contributed by atoms with Crippen LogP contribution in [0.3, 0.4) is 0 Å². The van der Waals surface area contributed by atoms with Crippen LogP contribution >= 0.6 is 0 Å². The molecule has 0 spiro atoms. The van der Waals surface area contributed by atoms with E-state index in [4.69, 9.17) is 9.15 Å². The van der Waals surface area contributed by atoms with Crippen LogP contribution in [0.1, 0.15) is 16.1 Å². The SMILES string of the molecule is O=C(COC(=O)CNC(=O)c1ccc2ccccc2c1)NCc1ccco1. The van der Waals surface area contributed by atoms with Gasteiger partial charge in [0.2, 0.25) is 0 Å². The Morgan fingerprint density at radius 2 is 1.74 bits per heavy atom. The fourth-order valence-corrected chi connectivity index (χ4v) is 2.43. The van der Waals surface area contributed by atoms with Crippen molar-refractivity contribution in [3.8, 4) is 0 Å². The van der Waals surface area contributed by atoms with Crippen LogP contribution in [0.5, 0.6) is 0 Å². The number of carbonyl (C=O) groups is 3. The molecule has 7 heteroatoms. The van der Waals surface area contributed by atoms with Gasteiger partial charge in [0, 0.05) is 5.56 Å². The molecule has 0 radical (unpaired) electrons. The van der Waals surface area contributed by atoms with E-state index in [1.807, 2.05) is 30.3 Å². The monoisotopic (exact) mass is 366 g/mol. The second-order valence-corrected chi connectivity index (χ2v) is 5.76. The lowest BCUT2D eigenvalue weighted by Crippen LogP contribution is -2.33. The molecular formula is C20H18N2O5. The largest absolute Gasteiger partial charge is 0.467 e. The number of hydrogen-bond donors (Lipinski definition) is 2. The summed E-state index contributed by atoms with van der Waals surface area (Å²) in [7, 11) is 0. The van der Waals surface area contributed by atoms with Gasteiger partial charge in [-0.05, 0) is 35.0 Å². The molecule has 27 heavy (non-hydrogen) atoms. The van der Waals surface area contributed by atoms with E-state index in [2.05, 4.69) is 10.6 Å². The Kier molecular flexibility index (Phi) is 5.84. The molecule has 0 atom stereocenters. The lowest BCUT2D eigenvalue weighted by atomic mass is 10.1. The van der Waals surface area contributed by atoms with Gasteiger partial charge in [0.15, 0.2) is 6.61 Å². The number of furan rings is 1. The van der Waals surface area contributed by atoms with Crippen LogP contribution in [0.15, 0.2) is 65.3 Å². The quantitative estimate of drug-likeness (QED) is 0.624. The highest BCUT2D eigenvalue weighted by Crippen LogP contribution is 2.15. The number of hydrogen-bond acceptors (Lipinski definition) is 5. The third-order valence-corrected chi connectivity index (χ3v) is 3.81. The molecule has 2 N–H and O–H groups in total. The predicted molar refractivity (Wildman–Crippen MR) is 97.8 cm³/mol. The summed E-state index contributed by atoms with van der Waals surface area (Å²) in [6, 6.07) is 16.4. The van der Waals surface area contributed by atoms with Gasteiger partial charge in [-0.25, -0.2) is 0 Å². The number of nitrogens with one attached hydrogen (secondary N) is 2. The molecule has 0 fully saturated rings. The fraction of sp³-hybridized carbons (Fsp3) is 0.150. The van der Waals surface area contributed by atoms with Crippen molar-refractivity contribution in [1.29, 1.82) is 0 Å². The summed E-state index contributed by atoms with van der Waals surface area (Å²) in [5, 5.41) is 6.99. The standard InChI is InChI=1S/C20H18N2O5/c23-18(21-11-17-6-3-9-26-17)13-27-19(24)12-22-20(25)16-8-7-14-4-1-2-5-15(14)10-16/h1-10H,11-13H2,(H,21,23)(H,22,25). The number of benzene rings is 2. The summed E-state index contributed by atoms with van der Waals surface area (Å²) in [5.41, 5.74) is 0.442. The zero-order chi connectivity index (χ0) is 19.1. The average Bonchev–Trinajstić information content (AvgIpc) is 3.22. The van der Waals surface area contributed by atoms with Crippen LogP contribution < -0.4 is 10.6 Å². The van der Waals surface area contributed by atoms with E-state index in [1.54, 1.807) is 24.3 Å².